The second kappa shape index (κ2) is 6.49. The van der Waals surface area contributed by atoms with E-state index in [1.54, 1.807) is 20.8 Å². The predicted octanol–water partition coefficient (Wildman–Crippen LogP) is 0.625. The van der Waals surface area contributed by atoms with Gasteiger partial charge < -0.3 is 20.8 Å². The molecule has 1 saturated heterocycles. The third-order valence-electron chi connectivity index (χ3n) is 2.86. The Labute approximate surface area is 117 Å². The minimum Gasteiger partial charge on any atom is -0.444 e. The van der Waals surface area contributed by atoms with E-state index in [1.807, 2.05) is 0 Å². The van der Waals surface area contributed by atoms with E-state index in [4.69, 9.17) is 10.1 Å². The molecule has 3 N–H and O–H groups in total. The molecule has 1 fully saturated rings. The molecule has 2 amide bonds. The molecule has 0 aliphatic carbocycles. The van der Waals surface area contributed by atoms with Crippen LogP contribution < -0.4 is 10.6 Å². The number of carbonyl (C=O) groups is 3. The zero-order valence-corrected chi connectivity index (χ0v) is 12.0. The average Bonchev–Trinajstić information content (AvgIpc) is 2.70. The zero-order valence-electron chi connectivity index (χ0n) is 12.0. The number of ether oxygens (including phenoxy) is 1. The molecule has 7 nitrogen and oxygen atoms in total. The first-order valence-electron chi connectivity index (χ1n) is 6.54. The Morgan fingerprint density at radius 2 is 2.20 bits per heavy atom. The number of Topliss-reactive ketones (excluding diaryl/α,β-unsaturated/α-hetero) is 1. The van der Waals surface area contributed by atoms with Crippen molar-refractivity contribution in [3.63, 3.8) is 0 Å². The molecule has 0 saturated carbocycles. The first-order valence-corrected chi connectivity index (χ1v) is 6.54. The van der Waals surface area contributed by atoms with Gasteiger partial charge in [-0.15, -0.1) is 0 Å². The van der Waals surface area contributed by atoms with Crippen molar-refractivity contribution in [3.05, 3.63) is 0 Å². The van der Waals surface area contributed by atoms with Gasteiger partial charge in [-0.25, -0.2) is 4.79 Å². The molecule has 7 heteroatoms. The maximum Gasteiger partial charge on any atom is 0.408 e. The highest BCUT2D eigenvalue weighted by Crippen LogP contribution is 2.17. The largest absolute Gasteiger partial charge is 0.444 e. The summed E-state index contributed by atoms with van der Waals surface area (Å²) in [5.41, 5.74) is -0.674. The van der Waals surface area contributed by atoms with Crippen molar-refractivity contribution >= 4 is 24.0 Å². The van der Waals surface area contributed by atoms with Crippen molar-refractivity contribution in [2.45, 2.75) is 45.3 Å². The highest BCUT2D eigenvalue weighted by atomic mass is 16.6. The van der Waals surface area contributed by atoms with Crippen molar-refractivity contribution in [1.29, 1.82) is 5.41 Å². The predicted molar refractivity (Wildman–Crippen MR) is 72.7 cm³/mol. The first-order chi connectivity index (χ1) is 9.23. The molecule has 2 atom stereocenters. The van der Waals surface area contributed by atoms with Crippen LogP contribution in [0.15, 0.2) is 0 Å². The van der Waals surface area contributed by atoms with Crippen LogP contribution in [0.2, 0.25) is 0 Å². The molecule has 0 aromatic heterocycles. The van der Waals surface area contributed by atoms with Gasteiger partial charge >= 0.3 is 6.09 Å². The molecule has 20 heavy (non-hydrogen) atoms. The van der Waals surface area contributed by atoms with Crippen LogP contribution in [0.1, 0.15) is 33.6 Å². The van der Waals surface area contributed by atoms with Crippen LogP contribution >= 0.6 is 0 Å². The van der Waals surface area contributed by atoms with Gasteiger partial charge in [0.25, 0.3) is 0 Å². The van der Waals surface area contributed by atoms with Gasteiger partial charge in [-0.05, 0) is 33.6 Å². The molecule has 1 heterocycles. The van der Waals surface area contributed by atoms with Gasteiger partial charge in [0.1, 0.15) is 5.60 Å². The van der Waals surface area contributed by atoms with Gasteiger partial charge in [-0.3, -0.25) is 9.59 Å². The van der Waals surface area contributed by atoms with Crippen molar-refractivity contribution in [2.75, 3.05) is 6.54 Å². The van der Waals surface area contributed by atoms with E-state index < -0.39 is 23.5 Å². The fourth-order valence-corrected chi connectivity index (χ4v) is 1.95. The fourth-order valence-electron chi connectivity index (χ4n) is 1.95. The topological polar surface area (TPSA) is 108 Å². The van der Waals surface area contributed by atoms with E-state index in [-0.39, 0.29) is 18.2 Å². The summed E-state index contributed by atoms with van der Waals surface area (Å²) in [5.74, 6) is -0.992. The first kappa shape index (κ1) is 16.1. The Balaban J connectivity index is 2.65. The quantitative estimate of drug-likeness (QED) is 0.643. The Hall–Kier alpha value is -1.92. The third-order valence-corrected chi connectivity index (χ3v) is 2.86. The molecular formula is C13H21N3O4. The summed E-state index contributed by atoms with van der Waals surface area (Å²) in [4.78, 5) is 34.9. The van der Waals surface area contributed by atoms with Crippen LogP contribution in [0.4, 0.5) is 4.79 Å². The second-order valence-electron chi connectivity index (χ2n) is 5.76. The normalized spacial score (nSPS) is 19.9. The van der Waals surface area contributed by atoms with Gasteiger partial charge in [0, 0.05) is 12.5 Å². The van der Waals surface area contributed by atoms with Gasteiger partial charge in [0.2, 0.25) is 5.91 Å². The van der Waals surface area contributed by atoms with E-state index in [9.17, 15) is 14.4 Å². The molecule has 0 bridgehead atoms. The summed E-state index contributed by atoms with van der Waals surface area (Å²) in [6, 6.07) is -0.906. The van der Waals surface area contributed by atoms with E-state index in [0.29, 0.717) is 19.2 Å². The average molecular weight is 283 g/mol. The second-order valence-corrected chi connectivity index (χ2v) is 5.76. The third kappa shape index (κ3) is 4.99. The summed E-state index contributed by atoms with van der Waals surface area (Å²) in [6.45, 7) is 5.71. The smallest absolute Gasteiger partial charge is 0.408 e. The van der Waals surface area contributed by atoms with Gasteiger partial charge in [-0.1, -0.05) is 0 Å². The maximum absolute atomic E-state index is 11.7. The minimum absolute atomic E-state index is 0.126. The van der Waals surface area contributed by atoms with E-state index in [2.05, 4.69) is 10.6 Å². The standard InChI is InChI=1S/C13H21N3O4/c1-13(2,3)20-12(19)16-9(10(17)7-14)6-8-4-5-15-11(8)18/h7-9,14H,4-6H2,1-3H3,(H,15,18)(H,16,19). The van der Waals surface area contributed by atoms with Gasteiger partial charge in [0.15, 0.2) is 5.78 Å². The molecule has 0 radical (unpaired) electrons. The lowest BCUT2D eigenvalue weighted by Crippen LogP contribution is -2.45. The van der Waals surface area contributed by atoms with Crippen LogP contribution in [0.3, 0.4) is 0 Å². The summed E-state index contributed by atoms with van der Waals surface area (Å²) in [5, 5.41) is 12.1. The lowest BCUT2D eigenvalue weighted by molar-refractivity contribution is -0.123. The van der Waals surface area contributed by atoms with Crippen LogP contribution in [0, 0.1) is 11.3 Å². The lowest BCUT2D eigenvalue weighted by atomic mass is 9.96. The number of alkyl carbamates (subject to hydrolysis) is 1. The van der Waals surface area contributed by atoms with Gasteiger partial charge in [0.05, 0.1) is 12.3 Å². The summed E-state index contributed by atoms with van der Waals surface area (Å²) in [6.07, 6.45) is 0.723. The molecule has 2 unspecified atom stereocenters. The molecule has 0 spiro atoms. The fraction of sp³-hybridized carbons (Fsp3) is 0.692. The number of rotatable bonds is 5. The van der Waals surface area contributed by atoms with E-state index in [0.717, 1.165) is 0 Å². The highest BCUT2D eigenvalue weighted by Gasteiger charge is 2.31. The molecular weight excluding hydrogens is 262 g/mol. The molecule has 0 aromatic rings. The van der Waals surface area contributed by atoms with Crippen LogP contribution in [0.25, 0.3) is 0 Å². The molecule has 0 aromatic carbocycles. The Morgan fingerprint density at radius 1 is 1.55 bits per heavy atom. The molecule has 112 valence electrons. The van der Waals surface area contributed by atoms with Gasteiger partial charge in [-0.2, -0.15) is 0 Å². The molecule has 1 aliphatic rings. The van der Waals surface area contributed by atoms with Crippen LogP contribution in [-0.2, 0) is 14.3 Å². The van der Waals surface area contributed by atoms with Crippen molar-refractivity contribution < 1.29 is 19.1 Å². The minimum atomic E-state index is -0.906. The number of hydrogen-bond donors (Lipinski definition) is 3. The summed E-state index contributed by atoms with van der Waals surface area (Å²) < 4.78 is 5.08. The van der Waals surface area contributed by atoms with E-state index in [1.165, 1.54) is 0 Å². The number of hydrogen-bond acceptors (Lipinski definition) is 5. The highest BCUT2D eigenvalue weighted by molar-refractivity contribution is 6.29. The summed E-state index contributed by atoms with van der Waals surface area (Å²) in [7, 11) is 0. The Kier molecular flexibility index (Phi) is 5.24. The van der Waals surface area contributed by atoms with Crippen molar-refractivity contribution in [3.8, 4) is 0 Å². The number of ketones is 1. The lowest BCUT2D eigenvalue weighted by Gasteiger charge is -2.23. The SMILES string of the molecule is CC(C)(C)OC(=O)NC(CC1CCNC1=O)C(=O)C=N. The number of carbonyl (C=O) groups excluding carboxylic acids is 3. The van der Waals surface area contributed by atoms with Crippen molar-refractivity contribution in [2.24, 2.45) is 5.92 Å². The molecule has 1 rings (SSSR count). The maximum atomic E-state index is 11.7. The zero-order chi connectivity index (χ0) is 15.3. The Morgan fingerprint density at radius 3 is 2.65 bits per heavy atom. The van der Waals surface area contributed by atoms with E-state index >= 15 is 0 Å². The number of amides is 2. The number of nitrogens with one attached hydrogen (secondary N) is 3. The summed E-state index contributed by atoms with van der Waals surface area (Å²) >= 11 is 0. The monoisotopic (exact) mass is 283 g/mol. The molecule has 1 aliphatic heterocycles. The van der Waals surface area contributed by atoms with Crippen LogP contribution in [0.5, 0.6) is 0 Å². The Bertz CT molecular complexity index is 414. The van der Waals surface area contributed by atoms with Crippen molar-refractivity contribution in [1.82, 2.24) is 10.6 Å². The van der Waals surface area contributed by atoms with Crippen LogP contribution in [-0.4, -0.2) is 42.2 Å².